The lowest BCUT2D eigenvalue weighted by atomic mass is 10.1. The molecule has 1 atom stereocenters. The molecule has 0 spiro atoms. The Hall–Kier alpha value is -1.82. The first-order chi connectivity index (χ1) is 10.5. The maximum absolute atomic E-state index is 13.3. The van der Waals surface area contributed by atoms with Crippen LogP contribution in [0.15, 0.2) is 34.9 Å². The minimum atomic E-state index is -3.13. The highest BCUT2D eigenvalue weighted by molar-refractivity contribution is 5.22. The third-order valence-electron chi connectivity index (χ3n) is 3.79. The molecular weight excluding hydrogens is 290 g/mol. The van der Waals surface area contributed by atoms with Crippen LogP contribution in [0.2, 0.25) is 0 Å². The molecule has 1 saturated carbocycles. The first kappa shape index (κ1) is 15.1. The van der Waals surface area contributed by atoms with E-state index in [0.717, 1.165) is 38.2 Å². The Morgan fingerprint density at radius 1 is 1.23 bits per heavy atom. The van der Waals surface area contributed by atoms with Gasteiger partial charge in [-0.1, -0.05) is 48.3 Å². The highest BCUT2D eigenvalue weighted by atomic mass is 19.3. The van der Waals surface area contributed by atoms with E-state index in [1.165, 1.54) is 0 Å². The van der Waals surface area contributed by atoms with Gasteiger partial charge < -0.3 is 9.26 Å². The molecule has 6 heteroatoms. The van der Waals surface area contributed by atoms with Crippen molar-refractivity contribution >= 4 is 0 Å². The number of rotatable bonds is 5. The molecule has 0 aliphatic heterocycles. The number of nitrogens with zero attached hydrogens (tertiary/aromatic N) is 2. The predicted octanol–water partition coefficient (Wildman–Crippen LogP) is 4.23. The van der Waals surface area contributed by atoms with Crippen molar-refractivity contribution in [1.29, 1.82) is 0 Å². The zero-order chi connectivity index (χ0) is 15.6. The van der Waals surface area contributed by atoms with Crippen molar-refractivity contribution in [2.24, 2.45) is 0 Å². The lowest BCUT2D eigenvalue weighted by molar-refractivity contribution is -0.00320. The van der Waals surface area contributed by atoms with Gasteiger partial charge in [-0.15, -0.1) is 0 Å². The number of benzene rings is 1. The summed E-state index contributed by atoms with van der Waals surface area (Å²) in [5.74, 6) is -3.66. The molecule has 4 nitrogen and oxygen atoms in total. The summed E-state index contributed by atoms with van der Waals surface area (Å²) in [6.45, 7) is 0.747. The Morgan fingerprint density at radius 2 is 1.91 bits per heavy atom. The van der Waals surface area contributed by atoms with Gasteiger partial charge in [0.25, 0.3) is 5.89 Å². The molecule has 118 valence electrons. The molecule has 0 N–H and O–H groups in total. The second-order valence-corrected chi connectivity index (χ2v) is 5.68. The van der Waals surface area contributed by atoms with Gasteiger partial charge in [-0.05, 0) is 18.4 Å². The fourth-order valence-electron chi connectivity index (χ4n) is 2.64. The smallest absolute Gasteiger partial charge is 0.307 e. The minimum absolute atomic E-state index is 0.0784. The summed E-state index contributed by atoms with van der Waals surface area (Å²) in [5, 5.41) is 3.39. The van der Waals surface area contributed by atoms with Crippen LogP contribution in [0, 0.1) is 0 Å². The van der Waals surface area contributed by atoms with Crippen molar-refractivity contribution in [3.63, 3.8) is 0 Å². The van der Waals surface area contributed by atoms with E-state index >= 15 is 0 Å². The molecule has 1 aliphatic carbocycles. The fraction of sp³-hybridized carbons (Fsp3) is 0.500. The Labute approximate surface area is 127 Å². The van der Waals surface area contributed by atoms with Crippen molar-refractivity contribution in [2.45, 2.75) is 50.7 Å². The quantitative estimate of drug-likeness (QED) is 0.829. The number of hydrogen-bond acceptors (Lipinski definition) is 4. The number of halogens is 2. The minimum Gasteiger partial charge on any atom is -0.360 e. The monoisotopic (exact) mass is 308 g/mol. The molecule has 22 heavy (non-hydrogen) atoms. The topological polar surface area (TPSA) is 48.2 Å². The van der Waals surface area contributed by atoms with E-state index in [4.69, 9.17) is 9.26 Å². The molecule has 1 aromatic heterocycles. The standard InChI is InChI=1S/C16H18F2N2O2/c1-16(17,18)15-19-14(22-20-15)13(11-7-3-2-4-8-11)21-12-9-5-6-10-12/h2-4,7-8,12-13H,5-6,9-10H2,1H3. The normalized spacial score (nSPS) is 17.8. The molecule has 0 bridgehead atoms. The van der Waals surface area contributed by atoms with Crippen LogP contribution in [0.4, 0.5) is 8.78 Å². The van der Waals surface area contributed by atoms with Gasteiger partial charge in [0.05, 0.1) is 6.10 Å². The van der Waals surface area contributed by atoms with Crippen LogP contribution in [0.1, 0.15) is 56.0 Å². The van der Waals surface area contributed by atoms with Crippen molar-refractivity contribution in [3.8, 4) is 0 Å². The summed E-state index contributed by atoms with van der Waals surface area (Å²) in [4.78, 5) is 3.85. The third-order valence-corrected chi connectivity index (χ3v) is 3.79. The van der Waals surface area contributed by atoms with Crippen LogP contribution in [0.3, 0.4) is 0 Å². The van der Waals surface area contributed by atoms with Gasteiger partial charge in [0, 0.05) is 6.92 Å². The van der Waals surface area contributed by atoms with E-state index in [9.17, 15) is 8.78 Å². The maximum Gasteiger partial charge on any atom is 0.307 e. The van der Waals surface area contributed by atoms with Crippen LogP contribution < -0.4 is 0 Å². The number of aromatic nitrogens is 2. The zero-order valence-electron chi connectivity index (χ0n) is 12.3. The Balaban J connectivity index is 1.89. The van der Waals surface area contributed by atoms with E-state index < -0.39 is 17.9 Å². The molecule has 2 aromatic rings. The lowest BCUT2D eigenvalue weighted by Gasteiger charge is -2.19. The molecule has 1 heterocycles. The van der Waals surface area contributed by atoms with Crippen LogP contribution in [0.5, 0.6) is 0 Å². The Bertz CT molecular complexity index is 604. The molecule has 0 saturated heterocycles. The van der Waals surface area contributed by atoms with Gasteiger partial charge in [-0.2, -0.15) is 13.8 Å². The Morgan fingerprint density at radius 3 is 2.50 bits per heavy atom. The van der Waals surface area contributed by atoms with E-state index in [1.807, 2.05) is 30.3 Å². The molecule has 1 aliphatic rings. The van der Waals surface area contributed by atoms with Gasteiger partial charge in [0.15, 0.2) is 6.10 Å². The molecular formula is C16H18F2N2O2. The summed E-state index contributed by atoms with van der Waals surface area (Å²) >= 11 is 0. The van der Waals surface area contributed by atoms with Gasteiger partial charge in [-0.25, -0.2) is 0 Å². The fourth-order valence-corrected chi connectivity index (χ4v) is 2.64. The second kappa shape index (κ2) is 6.12. The van der Waals surface area contributed by atoms with Crippen molar-refractivity contribution in [2.75, 3.05) is 0 Å². The maximum atomic E-state index is 13.3. The highest BCUT2D eigenvalue weighted by Crippen LogP contribution is 2.33. The third kappa shape index (κ3) is 3.32. The van der Waals surface area contributed by atoms with Crippen molar-refractivity contribution < 1.29 is 18.0 Å². The molecule has 1 unspecified atom stereocenters. The first-order valence-electron chi connectivity index (χ1n) is 7.46. The van der Waals surface area contributed by atoms with Gasteiger partial charge in [0.1, 0.15) is 0 Å². The summed E-state index contributed by atoms with van der Waals surface area (Å²) < 4.78 is 37.7. The first-order valence-corrected chi connectivity index (χ1v) is 7.46. The van der Waals surface area contributed by atoms with Gasteiger partial charge in [-0.3, -0.25) is 0 Å². The van der Waals surface area contributed by atoms with E-state index in [1.54, 1.807) is 0 Å². The summed E-state index contributed by atoms with van der Waals surface area (Å²) in [7, 11) is 0. The van der Waals surface area contributed by atoms with Gasteiger partial charge in [0.2, 0.25) is 5.82 Å². The average molecular weight is 308 g/mol. The van der Waals surface area contributed by atoms with E-state index in [-0.39, 0.29) is 12.0 Å². The molecule has 3 rings (SSSR count). The van der Waals surface area contributed by atoms with Crippen LogP contribution in [0.25, 0.3) is 0 Å². The molecule has 1 fully saturated rings. The Kier molecular flexibility index (Phi) is 4.20. The highest BCUT2D eigenvalue weighted by Gasteiger charge is 2.34. The summed E-state index contributed by atoms with van der Waals surface area (Å²) in [5.41, 5.74) is 0.823. The van der Waals surface area contributed by atoms with Crippen LogP contribution in [-0.2, 0) is 10.7 Å². The number of alkyl halides is 2. The molecule has 1 aromatic carbocycles. The molecule has 0 amide bonds. The second-order valence-electron chi connectivity index (χ2n) is 5.68. The van der Waals surface area contributed by atoms with E-state index in [0.29, 0.717) is 0 Å². The van der Waals surface area contributed by atoms with E-state index in [2.05, 4.69) is 10.1 Å². The SMILES string of the molecule is CC(F)(F)c1noc(C(OC2CCCC2)c2ccccc2)n1. The zero-order valence-corrected chi connectivity index (χ0v) is 12.3. The van der Waals surface area contributed by atoms with Crippen LogP contribution in [-0.4, -0.2) is 16.2 Å². The van der Waals surface area contributed by atoms with Crippen LogP contribution >= 0.6 is 0 Å². The lowest BCUT2D eigenvalue weighted by Crippen LogP contribution is -2.16. The average Bonchev–Trinajstić information content (AvgIpc) is 3.16. The number of ether oxygens (including phenoxy) is 1. The van der Waals surface area contributed by atoms with Crippen molar-refractivity contribution in [3.05, 3.63) is 47.6 Å². The van der Waals surface area contributed by atoms with Crippen molar-refractivity contribution in [1.82, 2.24) is 10.1 Å². The van der Waals surface area contributed by atoms with Gasteiger partial charge >= 0.3 is 5.92 Å². The largest absolute Gasteiger partial charge is 0.360 e. The summed E-state index contributed by atoms with van der Waals surface area (Å²) in [6.07, 6.45) is 3.67. The summed E-state index contributed by atoms with van der Waals surface area (Å²) in [6, 6.07) is 9.36. The predicted molar refractivity (Wildman–Crippen MR) is 75.5 cm³/mol. The molecule has 0 radical (unpaired) electrons. The number of hydrogen-bond donors (Lipinski definition) is 0.